The summed E-state index contributed by atoms with van der Waals surface area (Å²) in [6, 6.07) is 0. The van der Waals surface area contributed by atoms with Crippen LogP contribution in [-0.4, -0.2) is 31.1 Å². The Morgan fingerprint density at radius 1 is 1.70 bits per heavy atom. The van der Waals surface area contributed by atoms with Crippen LogP contribution in [0.15, 0.2) is 0 Å². The number of carbonyl (C=O) groups excluding carboxylic acids is 2. The lowest BCUT2D eigenvalue weighted by Crippen LogP contribution is -2.21. The summed E-state index contributed by atoms with van der Waals surface area (Å²) in [6.45, 7) is 1.74. The molecule has 4 nitrogen and oxygen atoms in total. The molecule has 0 bridgehead atoms. The van der Waals surface area contributed by atoms with E-state index in [9.17, 15) is 9.59 Å². The Morgan fingerprint density at radius 3 is 2.70 bits per heavy atom. The molecule has 0 atom stereocenters. The van der Waals surface area contributed by atoms with Crippen molar-refractivity contribution in [2.24, 2.45) is 0 Å². The molecule has 0 saturated heterocycles. The van der Waals surface area contributed by atoms with Gasteiger partial charge in [-0.25, -0.2) is 0 Å². The zero-order chi connectivity index (χ0) is 7.98. The molecule has 0 aliphatic rings. The van der Waals surface area contributed by atoms with Crippen LogP contribution in [0.3, 0.4) is 0 Å². The third kappa shape index (κ3) is 3.88. The highest BCUT2D eigenvalue weighted by Crippen LogP contribution is 1.84. The van der Waals surface area contributed by atoms with Crippen LogP contribution in [0.2, 0.25) is 0 Å². The maximum atomic E-state index is 10.5. The number of hydrogen-bond donors (Lipinski definition) is 0. The summed E-state index contributed by atoms with van der Waals surface area (Å²) in [5.74, 6) is -0.297. The molecule has 0 fully saturated rings. The molecule has 0 aromatic rings. The van der Waals surface area contributed by atoms with Gasteiger partial charge in [-0.1, -0.05) is 6.92 Å². The quantitative estimate of drug-likeness (QED) is 0.317. The molecule has 0 unspecified atom stereocenters. The molecule has 0 N–H and O–H groups in total. The van der Waals surface area contributed by atoms with Crippen molar-refractivity contribution in [1.29, 1.82) is 0 Å². The van der Waals surface area contributed by atoms with E-state index in [1.807, 2.05) is 0 Å². The average molecular weight is 145 g/mol. The Labute approximate surface area is 59.8 Å². The van der Waals surface area contributed by atoms with E-state index < -0.39 is 0 Å². The third-order valence-electron chi connectivity index (χ3n) is 0.898. The molecule has 1 amide bonds. The van der Waals surface area contributed by atoms with Gasteiger partial charge in [0, 0.05) is 13.5 Å². The second-order valence-electron chi connectivity index (χ2n) is 1.86. The van der Waals surface area contributed by atoms with Crippen LogP contribution >= 0.6 is 0 Å². The maximum Gasteiger partial charge on any atom is 0.307 e. The lowest BCUT2D eigenvalue weighted by atomic mass is 10.5. The number of amides is 1. The molecule has 0 spiro atoms. The highest BCUT2D eigenvalue weighted by molar-refractivity contribution is 5.68. The minimum atomic E-state index is -0.297. The summed E-state index contributed by atoms with van der Waals surface area (Å²) in [5, 5.41) is 0. The van der Waals surface area contributed by atoms with Gasteiger partial charge < -0.3 is 9.64 Å². The molecular formula is C6H11NO3. The van der Waals surface area contributed by atoms with E-state index in [2.05, 4.69) is 4.74 Å². The number of carbonyl (C=O) groups is 2. The first-order valence-electron chi connectivity index (χ1n) is 3.01. The first-order chi connectivity index (χ1) is 4.70. The van der Waals surface area contributed by atoms with Gasteiger partial charge in [0.25, 0.3) is 0 Å². The fraction of sp³-hybridized carbons (Fsp3) is 0.667. The van der Waals surface area contributed by atoms with Gasteiger partial charge in [0.1, 0.15) is 0 Å². The first-order valence-corrected chi connectivity index (χ1v) is 3.01. The largest absolute Gasteiger partial charge is 0.444 e. The van der Waals surface area contributed by atoms with Crippen LogP contribution < -0.4 is 0 Å². The van der Waals surface area contributed by atoms with Crippen molar-refractivity contribution in [2.75, 3.05) is 13.8 Å². The van der Waals surface area contributed by atoms with E-state index >= 15 is 0 Å². The Kier molecular flexibility index (Phi) is 4.28. The number of hydrogen-bond acceptors (Lipinski definition) is 3. The molecule has 0 rings (SSSR count). The van der Waals surface area contributed by atoms with E-state index in [0.29, 0.717) is 12.8 Å². The number of esters is 1. The molecule has 0 aromatic carbocycles. The summed E-state index contributed by atoms with van der Waals surface area (Å²) in [5.41, 5.74) is 0. The second-order valence-corrected chi connectivity index (χ2v) is 1.86. The minimum absolute atomic E-state index is 0.0379. The molecule has 10 heavy (non-hydrogen) atoms. The summed E-state index contributed by atoms with van der Waals surface area (Å²) >= 11 is 0. The lowest BCUT2D eigenvalue weighted by molar-refractivity contribution is -0.148. The first kappa shape index (κ1) is 8.94. The van der Waals surface area contributed by atoms with Crippen LogP contribution in [0.1, 0.15) is 13.3 Å². The van der Waals surface area contributed by atoms with Crippen LogP contribution in [0.4, 0.5) is 0 Å². The fourth-order valence-electron chi connectivity index (χ4n) is 0.306. The number of nitrogens with zero attached hydrogens (tertiary/aromatic N) is 1. The van der Waals surface area contributed by atoms with Crippen LogP contribution in [0.5, 0.6) is 0 Å². The van der Waals surface area contributed by atoms with E-state index in [1.54, 1.807) is 6.92 Å². The standard InChI is InChI=1S/C6H11NO3/c1-3-6(9)10-5-7(2)4-8/h4H,3,5H2,1-2H3. The number of ether oxygens (including phenoxy) is 1. The molecule has 0 aromatic heterocycles. The highest BCUT2D eigenvalue weighted by atomic mass is 16.5. The SMILES string of the molecule is CCC(=O)OCN(C)C=O. The van der Waals surface area contributed by atoms with Gasteiger partial charge >= 0.3 is 5.97 Å². The third-order valence-corrected chi connectivity index (χ3v) is 0.898. The molecule has 4 heteroatoms. The topological polar surface area (TPSA) is 46.6 Å². The van der Waals surface area contributed by atoms with Crippen molar-refractivity contribution in [3.05, 3.63) is 0 Å². The average Bonchev–Trinajstić information content (AvgIpc) is 1.99. The van der Waals surface area contributed by atoms with Crippen molar-refractivity contribution in [3.8, 4) is 0 Å². The Bertz CT molecular complexity index is 124. The van der Waals surface area contributed by atoms with Gasteiger partial charge in [0.15, 0.2) is 6.73 Å². The maximum absolute atomic E-state index is 10.5. The van der Waals surface area contributed by atoms with Crippen LogP contribution in [0.25, 0.3) is 0 Å². The molecule has 0 heterocycles. The summed E-state index contributed by atoms with van der Waals surface area (Å²) in [4.78, 5) is 21.7. The summed E-state index contributed by atoms with van der Waals surface area (Å²) < 4.78 is 4.60. The van der Waals surface area contributed by atoms with Crippen molar-refractivity contribution < 1.29 is 14.3 Å². The lowest BCUT2D eigenvalue weighted by Gasteiger charge is -2.09. The van der Waals surface area contributed by atoms with Gasteiger partial charge in [0.05, 0.1) is 0 Å². The zero-order valence-corrected chi connectivity index (χ0v) is 6.16. The van der Waals surface area contributed by atoms with Crippen molar-refractivity contribution in [2.45, 2.75) is 13.3 Å². The normalized spacial score (nSPS) is 8.60. The number of rotatable bonds is 4. The van der Waals surface area contributed by atoms with E-state index in [4.69, 9.17) is 0 Å². The summed E-state index contributed by atoms with van der Waals surface area (Å²) in [7, 11) is 1.54. The van der Waals surface area contributed by atoms with Gasteiger partial charge in [-0.2, -0.15) is 0 Å². The molecular weight excluding hydrogens is 134 g/mol. The molecule has 0 radical (unpaired) electrons. The predicted octanol–water partition coefficient (Wildman–Crippen LogP) is -0.0147. The van der Waals surface area contributed by atoms with Gasteiger partial charge in [0.2, 0.25) is 6.41 Å². The Morgan fingerprint density at radius 2 is 2.30 bits per heavy atom. The second kappa shape index (κ2) is 4.78. The minimum Gasteiger partial charge on any atom is -0.444 e. The Hall–Kier alpha value is -1.06. The van der Waals surface area contributed by atoms with Gasteiger partial charge in [-0.05, 0) is 0 Å². The predicted molar refractivity (Wildman–Crippen MR) is 35.1 cm³/mol. The zero-order valence-electron chi connectivity index (χ0n) is 6.16. The van der Waals surface area contributed by atoms with Crippen molar-refractivity contribution in [3.63, 3.8) is 0 Å². The van der Waals surface area contributed by atoms with Crippen LogP contribution in [-0.2, 0) is 14.3 Å². The van der Waals surface area contributed by atoms with E-state index in [0.717, 1.165) is 0 Å². The van der Waals surface area contributed by atoms with Gasteiger partial charge in [-0.15, -0.1) is 0 Å². The van der Waals surface area contributed by atoms with E-state index in [1.165, 1.54) is 11.9 Å². The highest BCUT2D eigenvalue weighted by Gasteiger charge is 1.98. The smallest absolute Gasteiger partial charge is 0.307 e. The van der Waals surface area contributed by atoms with Crippen LogP contribution in [0, 0.1) is 0 Å². The monoisotopic (exact) mass is 145 g/mol. The van der Waals surface area contributed by atoms with Crippen molar-refractivity contribution >= 4 is 12.4 Å². The van der Waals surface area contributed by atoms with Gasteiger partial charge in [-0.3, -0.25) is 9.59 Å². The molecule has 0 aliphatic carbocycles. The summed E-state index contributed by atoms with van der Waals surface area (Å²) in [6.07, 6.45) is 0.940. The van der Waals surface area contributed by atoms with Crippen molar-refractivity contribution in [1.82, 2.24) is 4.90 Å². The molecule has 0 aliphatic heterocycles. The fourth-order valence-corrected chi connectivity index (χ4v) is 0.306. The van der Waals surface area contributed by atoms with E-state index in [-0.39, 0.29) is 12.7 Å². The molecule has 58 valence electrons. The Balaban J connectivity index is 3.34. The molecule has 0 saturated carbocycles.